The Morgan fingerprint density at radius 1 is 1.04 bits per heavy atom. The van der Waals surface area contributed by atoms with Crippen LogP contribution in [-0.4, -0.2) is 81.7 Å². The second kappa shape index (κ2) is 13.3. The van der Waals surface area contributed by atoms with Crippen molar-refractivity contribution in [2.75, 3.05) is 31.2 Å². The van der Waals surface area contributed by atoms with E-state index >= 15 is 4.79 Å². The molecular weight excluding hydrogens is 594 g/mol. The lowest BCUT2D eigenvalue weighted by atomic mass is 9.64. The molecular formula is C38H49N3O6. The Morgan fingerprint density at radius 3 is 2.26 bits per heavy atom. The summed E-state index contributed by atoms with van der Waals surface area (Å²) in [5.41, 5.74) is -1.43. The molecule has 3 amide bonds. The van der Waals surface area contributed by atoms with E-state index in [0.29, 0.717) is 42.9 Å². The normalized spacial score (nSPS) is 26.9. The predicted molar refractivity (Wildman–Crippen MR) is 182 cm³/mol. The van der Waals surface area contributed by atoms with E-state index in [4.69, 9.17) is 9.47 Å². The molecule has 2 aromatic carbocycles. The number of anilines is 1. The quantitative estimate of drug-likeness (QED) is 0.297. The molecule has 3 heterocycles. The first-order valence-corrected chi connectivity index (χ1v) is 16.7. The molecule has 1 N–H and O–H groups in total. The van der Waals surface area contributed by atoms with Crippen LogP contribution in [0, 0.1) is 11.8 Å². The van der Waals surface area contributed by atoms with Crippen LogP contribution in [0.1, 0.15) is 65.5 Å². The molecule has 252 valence electrons. The molecule has 3 fully saturated rings. The van der Waals surface area contributed by atoms with E-state index < -0.39 is 47.3 Å². The number of hydrogen-bond donors (Lipinski definition) is 1. The summed E-state index contributed by atoms with van der Waals surface area (Å²) < 4.78 is 12.7. The number of rotatable bonds is 13. The van der Waals surface area contributed by atoms with Gasteiger partial charge in [0.15, 0.2) is 0 Å². The number of aliphatic hydroxyl groups is 1. The Bertz CT molecular complexity index is 1490. The van der Waals surface area contributed by atoms with Crippen LogP contribution in [0.3, 0.4) is 0 Å². The average molecular weight is 644 g/mol. The van der Waals surface area contributed by atoms with Crippen molar-refractivity contribution in [3.63, 3.8) is 0 Å². The van der Waals surface area contributed by atoms with E-state index in [9.17, 15) is 14.7 Å². The van der Waals surface area contributed by atoms with Crippen LogP contribution in [0.25, 0.3) is 0 Å². The topological polar surface area (TPSA) is 99.6 Å². The van der Waals surface area contributed by atoms with Gasteiger partial charge in [0, 0.05) is 24.3 Å². The van der Waals surface area contributed by atoms with E-state index in [1.807, 2.05) is 89.2 Å². The maximum absolute atomic E-state index is 15.0. The Morgan fingerprint density at radius 2 is 1.70 bits per heavy atom. The molecule has 3 aliphatic heterocycles. The molecule has 0 aliphatic carbocycles. The first kappa shape index (κ1) is 34.4. The molecule has 3 saturated heterocycles. The minimum Gasteiger partial charge on any atom is -0.494 e. The summed E-state index contributed by atoms with van der Waals surface area (Å²) >= 11 is 0. The molecule has 2 aromatic rings. The van der Waals surface area contributed by atoms with Crippen molar-refractivity contribution in [2.45, 2.75) is 82.7 Å². The Hall–Kier alpha value is -3.95. The number of carbonyl (C=O) groups excluding carboxylic acids is 3. The fraction of sp³-hybridized carbons (Fsp3) is 0.500. The average Bonchev–Trinajstić information content (AvgIpc) is 3.66. The highest BCUT2D eigenvalue weighted by Gasteiger charge is 2.79. The van der Waals surface area contributed by atoms with Crippen LogP contribution >= 0.6 is 0 Å². The minimum absolute atomic E-state index is 0.226. The highest BCUT2D eigenvalue weighted by atomic mass is 16.5. The molecule has 9 nitrogen and oxygen atoms in total. The van der Waals surface area contributed by atoms with Gasteiger partial charge in [0.05, 0.1) is 36.7 Å². The van der Waals surface area contributed by atoms with Gasteiger partial charge in [-0.3, -0.25) is 14.4 Å². The zero-order valence-corrected chi connectivity index (χ0v) is 28.4. The molecule has 6 atom stereocenters. The lowest BCUT2D eigenvalue weighted by Crippen LogP contribution is -2.60. The molecule has 5 rings (SSSR count). The number of likely N-dealkylation sites (tertiary alicyclic amines) is 1. The van der Waals surface area contributed by atoms with E-state index in [1.54, 1.807) is 22.0 Å². The van der Waals surface area contributed by atoms with Crippen LogP contribution < -0.4 is 9.64 Å². The van der Waals surface area contributed by atoms with E-state index in [1.165, 1.54) is 4.90 Å². The lowest BCUT2D eigenvalue weighted by Gasteiger charge is -2.43. The van der Waals surface area contributed by atoms with Gasteiger partial charge in [0.25, 0.3) is 0 Å². The number of fused-ring (bicyclic) bond motifs is 1. The number of amides is 3. The van der Waals surface area contributed by atoms with Gasteiger partial charge in [-0.15, -0.1) is 13.2 Å². The Kier molecular flexibility index (Phi) is 9.71. The number of hydrogen-bond acceptors (Lipinski definition) is 6. The largest absolute Gasteiger partial charge is 0.494 e. The molecule has 2 bridgehead atoms. The fourth-order valence-corrected chi connectivity index (χ4v) is 8.16. The van der Waals surface area contributed by atoms with Gasteiger partial charge < -0.3 is 29.3 Å². The Balaban J connectivity index is 1.66. The second-order valence-corrected chi connectivity index (χ2v) is 13.8. The van der Waals surface area contributed by atoms with Crippen LogP contribution in [-0.2, 0) is 19.1 Å². The summed E-state index contributed by atoms with van der Waals surface area (Å²) in [6.45, 7) is 18.2. The van der Waals surface area contributed by atoms with Crippen molar-refractivity contribution in [2.24, 2.45) is 11.8 Å². The summed E-state index contributed by atoms with van der Waals surface area (Å²) in [4.78, 5) is 49.8. The Labute approximate surface area is 278 Å². The van der Waals surface area contributed by atoms with Crippen LogP contribution in [0.4, 0.5) is 5.69 Å². The molecule has 0 radical (unpaired) electrons. The fourth-order valence-electron chi connectivity index (χ4n) is 8.16. The number of nitrogens with zero attached hydrogens (tertiary/aromatic N) is 3. The van der Waals surface area contributed by atoms with E-state index in [0.717, 1.165) is 0 Å². The summed E-state index contributed by atoms with van der Waals surface area (Å²) in [5.74, 6) is -1.96. The van der Waals surface area contributed by atoms with Crippen molar-refractivity contribution < 1.29 is 29.0 Å². The zero-order chi connectivity index (χ0) is 34.1. The SMILES string of the molecule is C=CCN(C(=O)[C@H]1[C@H]2C(=O)N([C@H](CO)c3ccccc3)C(C(=O)N(CC=C)C(C)(C)C)C23CC[C@]1(CC)O3)c1ccc(OCC)cc1. The second-order valence-electron chi connectivity index (χ2n) is 13.8. The number of carbonyl (C=O) groups is 3. The van der Waals surface area contributed by atoms with Gasteiger partial charge in [0.2, 0.25) is 17.7 Å². The molecule has 2 unspecified atom stereocenters. The zero-order valence-electron chi connectivity index (χ0n) is 28.4. The van der Waals surface area contributed by atoms with Crippen LogP contribution in [0.5, 0.6) is 5.75 Å². The number of ether oxygens (including phenoxy) is 2. The third-order valence-corrected chi connectivity index (χ3v) is 10.2. The van der Waals surface area contributed by atoms with Crippen molar-refractivity contribution in [3.05, 3.63) is 85.5 Å². The van der Waals surface area contributed by atoms with Crippen molar-refractivity contribution in [1.82, 2.24) is 9.80 Å². The monoisotopic (exact) mass is 643 g/mol. The maximum atomic E-state index is 15.0. The number of benzene rings is 2. The molecule has 1 spiro atoms. The minimum atomic E-state index is -1.25. The van der Waals surface area contributed by atoms with Gasteiger partial charge in [-0.2, -0.15) is 0 Å². The highest BCUT2D eigenvalue weighted by Crippen LogP contribution is 2.65. The first-order valence-electron chi connectivity index (χ1n) is 16.7. The molecule has 0 saturated carbocycles. The van der Waals surface area contributed by atoms with E-state index in [-0.39, 0.29) is 30.8 Å². The third kappa shape index (κ3) is 5.67. The van der Waals surface area contributed by atoms with Crippen molar-refractivity contribution in [3.8, 4) is 5.75 Å². The van der Waals surface area contributed by atoms with Gasteiger partial charge >= 0.3 is 0 Å². The third-order valence-electron chi connectivity index (χ3n) is 10.2. The summed E-state index contributed by atoms with van der Waals surface area (Å²) in [6.07, 6.45) is 4.81. The maximum Gasteiger partial charge on any atom is 0.249 e. The molecule has 3 aliphatic rings. The van der Waals surface area contributed by atoms with E-state index in [2.05, 4.69) is 13.2 Å². The molecule has 47 heavy (non-hydrogen) atoms. The molecule has 0 aromatic heterocycles. The predicted octanol–water partition coefficient (Wildman–Crippen LogP) is 5.31. The van der Waals surface area contributed by atoms with Gasteiger partial charge in [-0.05, 0) is 76.8 Å². The van der Waals surface area contributed by atoms with Crippen LogP contribution in [0.15, 0.2) is 79.9 Å². The van der Waals surface area contributed by atoms with Crippen molar-refractivity contribution in [1.29, 1.82) is 0 Å². The molecule has 9 heteroatoms. The van der Waals surface area contributed by atoms with Crippen molar-refractivity contribution >= 4 is 23.4 Å². The van der Waals surface area contributed by atoms with Gasteiger partial charge in [-0.25, -0.2) is 0 Å². The highest BCUT2D eigenvalue weighted by molar-refractivity contribution is 6.03. The standard InChI is InChI=1S/C38H49N3O6/c1-8-23-39(27-17-19-28(20-18-27)46-11-4)33(43)30-31-34(44)41(29(25-42)26-15-13-12-14-16-26)32(35(45)40(24-9-2)36(5,6)7)38(31)22-21-37(30,10-3)47-38/h8-9,12-20,29-32,42H,1-2,10-11,21-25H2,3-7H3/t29-,30-,31+,32?,37+,38?/m1/s1. The van der Waals surface area contributed by atoms with Gasteiger partial charge in [0.1, 0.15) is 17.4 Å². The summed E-state index contributed by atoms with van der Waals surface area (Å²) in [5, 5.41) is 10.9. The summed E-state index contributed by atoms with van der Waals surface area (Å²) in [6, 6.07) is 14.7. The lowest BCUT2D eigenvalue weighted by molar-refractivity contribution is -0.159. The van der Waals surface area contributed by atoms with Gasteiger partial charge in [-0.1, -0.05) is 49.4 Å². The van der Waals surface area contributed by atoms with Crippen LogP contribution in [0.2, 0.25) is 0 Å². The number of aliphatic hydroxyl groups excluding tert-OH is 1. The first-order chi connectivity index (χ1) is 22.4. The summed E-state index contributed by atoms with van der Waals surface area (Å²) in [7, 11) is 0. The smallest absolute Gasteiger partial charge is 0.249 e.